The number of nitrogens with zero attached hydrogens (tertiary/aromatic N) is 1. The van der Waals surface area contributed by atoms with E-state index in [-0.39, 0.29) is 12.5 Å². The maximum atomic E-state index is 13.1. The molecule has 6 heteroatoms. The molecule has 0 radical (unpaired) electrons. The first-order valence-corrected chi connectivity index (χ1v) is 7.95. The summed E-state index contributed by atoms with van der Waals surface area (Å²) in [5.41, 5.74) is 2.22. The molecule has 0 aromatic heterocycles. The molecule has 1 amide bonds. The van der Waals surface area contributed by atoms with E-state index in [0.29, 0.717) is 11.4 Å². The number of anilines is 3. The molecule has 1 fully saturated rings. The van der Waals surface area contributed by atoms with Crippen LogP contribution >= 0.6 is 0 Å². The summed E-state index contributed by atoms with van der Waals surface area (Å²) >= 11 is 0. The fourth-order valence-electron chi connectivity index (χ4n) is 2.72. The van der Waals surface area contributed by atoms with Crippen LogP contribution in [0.15, 0.2) is 42.5 Å². The summed E-state index contributed by atoms with van der Waals surface area (Å²) in [5.74, 6) is -2.12. The Hall–Kier alpha value is -2.63. The zero-order valence-corrected chi connectivity index (χ0v) is 13.2. The van der Waals surface area contributed by atoms with Gasteiger partial charge in [0.15, 0.2) is 11.6 Å². The average Bonchev–Trinajstić information content (AvgIpc) is 3.11. The van der Waals surface area contributed by atoms with Gasteiger partial charge in [0.1, 0.15) is 0 Å². The minimum Gasteiger partial charge on any atom is -0.376 e. The maximum absolute atomic E-state index is 13.1. The van der Waals surface area contributed by atoms with Gasteiger partial charge in [-0.15, -0.1) is 0 Å². The molecule has 3 rings (SSSR count). The zero-order valence-electron chi connectivity index (χ0n) is 13.2. The van der Waals surface area contributed by atoms with Crippen LogP contribution in [-0.2, 0) is 4.79 Å². The van der Waals surface area contributed by atoms with Crippen LogP contribution in [0.25, 0.3) is 0 Å². The highest BCUT2D eigenvalue weighted by molar-refractivity contribution is 5.93. The predicted molar refractivity (Wildman–Crippen MR) is 91.4 cm³/mol. The lowest BCUT2D eigenvalue weighted by Gasteiger charge is -2.17. The molecule has 126 valence electrons. The Morgan fingerprint density at radius 3 is 2.29 bits per heavy atom. The molecule has 1 saturated heterocycles. The number of amides is 1. The second-order valence-electron chi connectivity index (χ2n) is 5.77. The molecule has 2 aromatic rings. The van der Waals surface area contributed by atoms with E-state index in [9.17, 15) is 13.6 Å². The van der Waals surface area contributed by atoms with Gasteiger partial charge >= 0.3 is 0 Å². The van der Waals surface area contributed by atoms with Gasteiger partial charge in [-0.2, -0.15) is 0 Å². The molecule has 2 N–H and O–H groups in total. The second-order valence-corrected chi connectivity index (χ2v) is 5.77. The van der Waals surface area contributed by atoms with E-state index in [1.165, 1.54) is 18.9 Å². The monoisotopic (exact) mass is 331 g/mol. The Balaban J connectivity index is 1.51. The Labute approximate surface area is 139 Å². The number of carbonyl (C=O) groups excluding carboxylic acids is 1. The Kier molecular flexibility index (Phi) is 4.93. The topological polar surface area (TPSA) is 44.4 Å². The lowest BCUT2D eigenvalue weighted by atomic mass is 10.2. The highest BCUT2D eigenvalue weighted by atomic mass is 19.2. The van der Waals surface area contributed by atoms with Crippen molar-refractivity contribution in [2.24, 2.45) is 0 Å². The van der Waals surface area contributed by atoms with Gasteiger partial charge in [-0.1, -0.05) is 0 Å². The van der Waals surface area contributed by atoms with Crippen molar-refractivity contribution in [1.82, 2.24) is 0 Å². The number of halogens is 2. The Bertz CT molecular complexity index is 713. The van der Waals surface area contributed by atoms with E-state index < -0.39 is 11.6 Å². The average molecular weight is 331 g/mol. The normalized spacial score (nSPS) is 13.8. The first-order valence-electron chi connectivity index (χ1n) is 7.95. The van der Waals surface area contributed by atoms with Crippen LogP contribution in [0.1, 0.15) is 12.8 Å². The van der Waals surface area contributed by atoms with Crippen molar-refractivity contribution in [1.29, 1.82) is 0 Å². The SMILES string of the molecule is O=C(CNc1ccc(F)c(F)c1)Nc1ccc(N2CCCC2)cc1. The van der Waals surface area contributed by atoms with Crippen molar-refractivity contribution >= 4 is 23.0 Å². The molecule has 0 aliphatic carbocycles. The fourth-order valence-corrected chi connectivity index (χ4v) is 2.72. The molecule has 2 aromatic carbocycles. The summed E-state index contributed by atoms with van der Waals surface area (Å²) in [6.07, 6.45) is 2.43. The van der Waals surface area contributed by atoms with E-state index in [0.717, 1.165) is 30.9 Å². The third-order valence-electron chi connectivity index (χ3n) is 3.99. The van der Waals surface area contributed by atoms with Gasteiger partial charge in [0, 0.05) is 36.2 Å². The third-order valence-corrected chi connectivity index (χ3v) is 3.99. The largest absolute Gasteiger partial charge is 0.376 e. The minimum absolute atomic E-state index is 0.0288. The van der Waals surface area contributed by atoms with Gasteiger partial charge in [0.05, 0.1) is 6.54 Å². The standard InChI is InChI=1S/C18H19F2N3O/c19-16-8-5-14(11-17(16)20)21-12-18(24)22-13-3-6-15(7-4-13)23-9-1-2-10-23/h3-8,11,21H,1-2,9-10,12H2,(H,22,24). The molecule has 24 heavy (non-hydrogen) atoms. The van der Waals surface area contributed by atoms with Crippen LogP contribution in [0.5, 0.6) is 0 Å². The zero-order chi connectivity index (χ0) is 16.9. The molecule has 1 aliphatic rings. The van der Waals surface area contributed by atoms with E-state index in [2.05, 4.69) is 15.5 Å². The van der Waals surface area contributed by atoms with Gasteiger partial charge in [-0.3, -0.25) is 4.79 Å². The first-order chi connectivity index (χ1) is 11.6. The summed E-state index contributed by atoms with van der Waals surface area (Å²) in [4.78, 5) is 14.2. The number of carbonyl (C=O) groups is 1. The molecule has 1 aliphatic heterocycles. The van der Waals surface area contributed by atoms with Gasteiger partial charge in [0.25, 0.3) is 0 Å². The summed E-state index contributed by atoms with van der Waals surface area (Å²) in [7, 11) is 0. The molecule has 0 atom stereocenters. The number of rotatable bonds is 5. The van der Waals surface area contributed by atoms with Crippen LogP contribution < -0.4 is 15.5 Å². The van der Waals surface area contributed by atoms with E-state index in [1.54, 1.807) is 0 Å². The van der Waals surface area contributed by atoms with Crippen molar-refractivity contribution < 1.29 is 13.6 Å². The molecular weight excluding hydrogens is 312 g/mol. The van der Waals surface area contributed by atoms with Crippen LogP contribution in [0, 0.1) is 11.6 Å². The van der Waals surface area contributed by atoms with Crippen molar-refractivity contribution in [3.8, 4) is 0 Å². The summed E-state index contributed by atoms with van der Waals surface area (Å²) in [5, 5.41) is 5.53. The lowest BCUT2D eigenvalue weighted by Crippen LogP contribution is -2.22. The van der Waals surface area contributed by atoms with Gasteiger partial charge in [-0.05, 0) is 49.2 Å². The van der Waals surface area contributed by atoms with Crippen LogP contribution in [0.4, 0.5) is 25.8 Å². The second kappa shape index (κ2) is 7.29. The van der Waals surface area contributed by atoms with Gasteiger partial charge in [0.2, 0.25) is 5.91 Å². The van der Waals surface area contributed by atoms with Crippen molar-refractivity contribution in [3.05, 3.63) is 54.1 Å². The molecule has 4 nitrogen and oxygen atoms in total. The smallest absolute Gasteiger partial charge is 0.243 e. The molecule has 1 heterocycles. The number of benzene rings is 2. The summed E-state index contributed by atoms with van der Waals surface area (Å²) in [6.45, 7) is 2.12. The van der Waals surface area contributed by atoms with Gasteiger partial charge < -0.3 is 15.5 Å². The highest BCUT2D eigenvalue weighted by Crippen LogP contribution is 2.22. The maximum Gasteiger partial charge on any atom is 0.243 e. The number of nitrogens with one attached hydrogen (secondary N) is 2. The van der Waals surface area contributed by atoms with Crippen LogP contribution in [0.3, 0.4) is 0 Å². The third kappa shape index (κ3) is 4.01. The van der Waals surface area contributed by atoms with E-state index >= 15 is 0 Å². The molecular formula is C18H19F2N3O. The minimum atomic E-state index is -0.946. The highest BCUT2D eigenvalue weighted by Gasteiger charge is 2.12. The Morgan fingerprint density at radius 2 is 1.62 bits per heavy atom. The molecule has 0 bridgehead atoms. The first kappa shape index (κ1) is 16.2. The summed E-state index contributed by atoms with van der Waals surface area (Å²) < 4.78 is 25.9. The van der Waals surface area contributed by atoms with Gasteiger partial charge in [-0.25, -0.2) is 8.78 Å². The Morgan fingerprint density at radius 1 is 0.958 bits per heavy atom. The summed E-state index contributed by atoms with van der Waals surface area (Å²) in [6, 6.07) is 11.1. The number of hydrogen-bond acceptors (Lipinski definition) is 3. The molecule has 0 spiro atoms. The van der Waals surface area contributed by atoms with E-state index in [1.807, 2.05) is 24.3 Å². The molecule has 0 saturated carbocycles. The van der Waals surface area contributed by atoms with Crippen molar-refractivity contribution in [2.45, 2.75) is 12.8 Å². The van der Waals surface area contributed by atoms with Crippen LogP contribution in [-0.4, -0.2) is 25.5 Å². The lowest BCUT2D eigenvalue weighted by molar-refractivity contribution is -0.114. The fraction of sp³-hybridized carbons (Fsp3) is 0.278. The molecule has 0 unspecified atom stereocenters. The van der Waals surface area contributed by atoms with Crippen molar-refractivity contribution in [3.63, 3.8) is 0 Å². The quantitative estimate of drug-likeness (QED) is 0.880. The van der Waals surface area contributed by atoms with E-state index in [4.69, 9.17) is 0 Å². The van der Waals surface area contributed by atoms with Crippen LogP contribution in [0.2, 0.25) is 0 Å². The number of hydrogen-bond donors (Lipinski definition) is 2. The van der Waals surface area contributed by atoms with Crippen molar-refractivity contribution in [2.75, 3.05) is 35.2 Å². The predicted octanol–water partition coefficient (Wildman–Crippen LogP) is 3.62.